The third kappa shape index (κ3) is 2.59. The lowest BCUT2D eigenvalue weighted by molar-refractivity contribution is 0.259. The first-order chi connectivity index (χ1) is 6.24. The number of amides is 2. The summed E-state index contributed by atoms with van der Waals surface area (Å²) in [6.07, 6.45) is 1.90. The average molecular weight is 177 g/mol. The van der Waals surface area contributed by atoms with Crippen LogP contribution in [0.5, 0.6) is 0 Å². The van der Waals surface area contributed by atoms with Crippen molar-refractivity contribution in [3.05, 3.63) is 29.8 Å². The summed E-state index contributed by atoms with van der Waals surface area (Å²) in [7, 11) is 0. The van der Waals surface area contributed by atoms with Crippen LogP contribution in [-0.2, 0) is 11.2 Å². The van der Waals surface area contributed by atoms with Gasteiger partial charge in [0, 0.05) is 12.1 Å². The summed E-state index contributed by atoms with van der Waals surface area (Å²) in [5, 5.41) is 2.42. The van der Waals surface area contributed by atoms with Gasteiger partial charge in [0.05, 0.1) is 0 Å². The molecule has 0 bridgehead atoms. The number of hydrogen-bond donors (Lipinski definition) is 2. The van der Waals surface area contributed by atoms with Gasteiger partial charge in [0.1, 0.15) is 0 Å². The Balaban J connectivity index is 2.90. The van der Waals surface area contributed by atoms with Gasteiger partial charge in [-0.25, -0.2) is 4.79 Å². The topological polar surface area (TPSA) is 72.2 Å². The maximum absolute atomic E-state index is 10.5. The molecule has 1 rings (SSSR count). The predicted molar refractivity (Wildman–Crippen MR) is 49.0 cm³/mol. The second-order valence-electron chi connectivity index (χ2n) is 2.47. The highest BCUT2D eigenvalue weighted by atomic mass is 16.2. The van der Waals surface area contributed by atoms with E-state index in [1.165, 1.54) is 0 Å². The molecule has 1 aromatic carbocycles. The van der Waals surface area contributed by atoms with Gasteiger partial charge in [-0.15, -0.1) is 0 Å². The number of nitrogens with one attached hydrogen (secondary N) is 1. The van der Waals surface area contributed by atoms with Gasteiger partial charge in [0.2, 0.25) is 6.29 Å². The van der Waals surface area contributed by atoms with Crippen LogP contribution in [0.4, 0.5) is 10.5 Å². The van der Waals surface area contributed by atoms with Crippen molar-refractivity contribution < 1.29 is 9.59 Å². The molecule has 4 heteroatoms. The molecule has 67 valence electrons. The van der Waals surface area contributed by atoms with Crippen molar-refractivity contribution in [1.82, 2.24) is 0 Å². The van der Waals surface area contributed by atoms with Crippen LogP contribution in [0, 0.1) is 0 Å². The second-order valence-corrected chi connectivity index (χ2v) is 2.47. The second kappa shape index (κ2) is 4.25. The number of primary amides is 1. The zero-order chi connectivity index (χ0) is 9.68. The Morgan fingerprint density at radius 1 is 1.46 bits per heavy atom. The Bertz CT molecular complexity index is 323. The minimum Gasteiger partial charge on any atom is -0.351 e. The van der Waals surface area contributed by atoms with Crippen molar-refractivity contribution in [2.45, 2.75) is 6.42 Å². The Labute approximate surface area is 75.7 Å². The molecule has 4 nitrogen and oxygen atoms in total. The van der Waals surface area contributed by atoms with E-state index in [-0.39, 0.29) is 6.42 Å². The molecule has 2 amide bonds. The fourth-order valence-corrected chi connectivity index (χ4v) is 1.01. The number of anilines is 1. The number of urea groups is 1. The first kappa shape index (κ1) is 9.25. The molecule has 0 saturated carbocycles. The Hall–Kier alpha value is -1.84. The average Bonchev–Trinajstić information content (AvgIpc) is 2.08. The highest BCUT2D eigenvalue weighted by molar-refractivity contribution is 5.89. The van der Waals surface area contributed by atoms with Gasteiger partial charge in [-0.2, -0.15) is 0 Å². The van der Waals surface area contributed by atoms with E-state index >= 15 is 0 Å². The molecule has 0 saturated heterocycles. The van der Waals surface area contributed by atoms with Gasteiger partial charge in [0.15, 0.2) is 0 Å². The lowest BCUT2D eigenvalue weighted by atomic mass is 10.1. The van der Waals surface area contributed by atoms with E-state index < -0.39 is 6.03 Å². The number of hydrogen-bond acceptors (Lipinski definition) is 2. The molecule has 3 N–H and O–H groups in total. The minimum atomic E-state index is -0.640. The van der Waals surface area contributed by atoms with E-state index in [0.717, 1.165) is 0 Å². The van der Waals surface area contributed by atoms with E-state index in [1.54, 1.807) is 30.6 Å². The van der Waals surface area contributed by atoms with Crippen LogP contribution < -0.4 is 11.1 Å². The van der Waals surface area contributed by atoms with Crippen LogP contribution >= 0.6 is 0 Å². The van der Waals surface area contributed by atoms with Crippen LogP contribution in [0.15, 0.2) is 24.3 Å². The molecule has 1 radical (unpaired) electrons. The quantitative estimate of drug-likeness (QED) is 0.717. The smallest absolute Gasteiger partial charge is 0.316 e. The van der Waals surface area contributed by atoms with Gasteiger partial charge in [-0.3, -0.25) is 4.79 Å². The molecular formula is C9H9N2O2. The largest absolute Gasteiger partial charge is 0.351 e. The summed E-state index contributed by atoms with van der Waals surface area (Å²) in [4.78, 5) is 20.7. The molecule has 13 heavy (non-hydrogen) atoms. The van der Waals surface area contributed by atoms with Crippen molar-refractivity contribution in [2.24, 2.45) is 5.73 Å². The van der Waals surface area contributed by atoms with Crippen molar-refractivity contribution in [1.29, 1.82) is 0 Å². The molecule has 0 heterocycles. The van der Waals surface area contributed by atoms with Crippen LogP contribution in [0.25, 0.3) is 0 Å². The molecule has 0 aliphatic carbocycles. The zero-order valence-electron chi connectivity index (χ0n) is 6.91. The fourth-order valence-electron chi connectivity index (χ4n) is 1.01. The highest BCUT2D eigenvalue weighted by Crippen LogP contribution is 2.14. The van der Waals surface area contributed by atoms with Crippen LogP contribution in [0.1, 0.15) is 5.56 Å². The van der Waals surface area contributed by atoms with Crippen molar-refractivity contribution in [3.8, 4) is 0 Å². The van der Waals surface area contributed by atoms with E-state index in [9.17, 15) is 9.59 Å². The predicted octanol–water partition coefficient (Wildman–Crippen LogP) is 0.829. The molecule has 0 atom stereocenters. The Morgan fingerprint density at radius 3 is 2.77 bits per heavy atom. The van der Waals surface area contributed by atoms with Gasteiger partial charge in [0.25, 0.3) is 0 Å². The summed E-state index contributed by atoms with van der Waals surface area (Å²) in [5.41, 5.74) is 6.20. The minimum absolute atomic E-state index is 0.149. The van der Waals surface area contributed by atoms with E-state index in [1.807, 2.05) is 0 Å². The summed E-state index contributed by atoms with van der Waals surface area (Å²) >= 11 is 0. The SMILES string of the molecule is NC(=O)Nc1ccccc1C[C]=O. The van der Waals surface area contributed by atoms with Crippen LogP contribution in [0.3, 0.4) is 0 Å². The molecule has 0 aliphatic heterocycles. The summed E-state index contributed by atoms with van der Waals surface area (Å²) < 4.78 is 0. The van der Waals surface area contributed by atoms with E-state index in [4.69, 9.17) is 5.73 Å². The van der Waals surface area contributed by atoms with Crippen molar-refractivity contribution in [3.63, 3.8) is 0 Å². The number of benzene rings is 1. The number of carbonyl (C=O) groups is 1. The normalized spacial score (nSPS) is 9.23. The highest BCUT2D eigenvalue weighted by Gasteiger charge is 2.02. The Kier molecular flexibility index (Phi) is 3.03. The van der Waals surface area contributed by atoms with E-state index in [0.29, 0.717) is 11.3 Å². The van der Waals surface area contributed by atoms with Crippen LogP contribution in [-0.4, -0.2) is 12.3 Å². The first-order valence-corrected chi connectivity index (χ1v) is 3.73. The maximum atomic E-state index is 10.5. The lowest BCUT2D eigenvalue weighted by Gasteiger charge is -2.05. The lowest BCUT2D eigenvalue weighted by Crippen LogP contribution is -2.20. The van der Waals surface area contributed by atoms with Crippen molar-refractivity contribution in [2.75, 3.05) is 5.32 Å². The Morgan fingerprint density at radius 2 is 2.15 bits per heavy atom. The third-order valence-electron chi connectivity index (χ3n) is 1.54. The molecule has 1 aromatic rings. The molecule has 0 aromatic heterocycles. The van der Waals surface area contributed by atoms with Crippen LogP contribution in [0.2, 0.25) is 0 Å². The summed E-state index contributed by atoms with van der Waals surface area (Å²) in [6, 6.07) is 6.30. The monoisotopic (exact) mass is 177 g/mol. The fraction of sp³-hybridized carbons (Fsp3) is 0.111. The summed E-state index contributed by atoms with van der Waals surface area (Å²) in [5.74, 6) is 0. The number of carbonyl (C=O) groups excluding carboxylic acids is 2. The maximum Gasteiger partial charge on any atom is 0.316 e. The third-order valence-corrected chi connectivity index (χ3v) is 1.54. The van der Waals surface area contributed by atoms with E-state index in [2.05, 4.69) is 5.32 Å². The van der Waals surface area contributed by atoms with Gasteiger partial charge >= 0.3 is 6.03 Å². The molecular weight excluding hydrogens is 168 g/mol. The van der Waals surface area contributed by atoms with Gasteiger partial charge in [-0.05, 0) is 11.6 Å². The number of rotatable bonds is 3. The number of nitrogens with two attached hydrogens (primary N) is 1. The molecule has 0 unspecified atom stereocenters. The van der Waals surface area contributed by atoms with Gasteiger partial charge < -0.3 is 11.1 Å². The molecule has 0 fully saturated rings. The summed E-state index contributed by atoms with van der Waals surface area (Å²) in [6.45, 7) is 0. The molecule has 0 aliphatic rings. The van der Waals surface area contributed by atoms with Gasteiger partial charge in [-0.1, -0.05) is 18.2 Å². The first-order valence-electron chi connectivity index (χ1n) is 3.73. The standard InChI is InChI=1S/C9H9N2O2/c10-9(13)11-8-4-2-1-3-7(8)5-6-12/h1-4H,5H2,(H3,10,11,13). The number of para-hydroxylation sites is 1. The zero-order valence-corrected chi connectivity index (χ0v) is 6.91. The van der Waals surface area contributed by atoms with Crippen molar-refractivity contribution >= 4 is 18.0 Å². The molecule has 0 spiro atoms.